The Morgan fingerprint density at radius 2 is 1.94 bits per heavy atom. The molecule has 1 atom stereocenters. The molecule has 34 heavy (non-hydrogen) atoms. The van der Waals surface area contributed by atoms with Gasteiger partial charge in [-0.1, -0.05) is 0 Å². The van der Waals surface area contributed by atoms with Crippen molar-refractivity contribution in [3.05, 3.63) is 47.4 Å². The Kier molecular flexibility index (Phi) is 6.74. The van der Waals surface area contributed by atoms with Crippen molar-refractivity contribution in [2.24, 2.45) is 5.92 Å². The molecule has 1 unspecified atom stereocenters. The van der Waals surface area contributed by atoms with Crippen LogP contribution < -0.4 is 11.1 Å². The van der Waals surface area contributed by atoms with E-state index in [1.807, 2.05) is 0 Å². The quantitative estimate of drug-likeness (QED) is 0.565. The van der Waals surface area contributed by atoms with Gasteiger partial charge in [0, 0.05) is 13.3 Å². The van der Waals surface area contributed by atoms with Gasteiger partial charge in [0.15, 0.2) is 0 Å². The predicted octanol–water partition coefficient (Wildman–Crippen LogP) is 3.35. The highest BCUT2D eigenvalue weighted by molar-refractivity contribution is 6.39. The molecule has 4 rings (SSSR count). The van der Waals surface area contributed by atoms with E-state index in [-0.39, 0.29) is 24.8 Å². The number of pyridine rings is 2. The second-order valence-corrected chi connectivity index (χ2v) is 8.76. The number of aromatic nitrogens is 2. The standard InChI is InChI=1S/C23H26F3N5O3/c1-34-12-19(14-4-5-14)31(11-16-7-6-15(9-28-16)23(24,25)26)22(33)21(32)30-17-8-18(13-2-3-13)20(27)29-10-17/h6-10,13-14,19H,2-5,11-12H2,1H3,(H2,27,29)(H,30,32). The second kappa shape index (κ2) is 9.57. The first-order valence-corrected chi connectivity index (χ1v) is 11.1. The number of hydrogen-bond donors (Lipinski definition) is 2. The summed E-state index contributed by atoms with van der Waals surface area (Å²) in [6.07, 6.45) is 1.33. The van der Waals surface area contributed by atoms with Crippen LogP contribution in [0.4, 0.5) is 24.7 Å². The third kappa shape index (κ3) is 5.64. The topological polar surface area (TPSA) is 110 Å². The first-order valence-electron chi connectivity index (χ1n) is 11.1. The Morgan fingerprint density at radius 1 is 1.21 bits per heavy atom. The lowest BCUT2D eigenvalue weighted by atomic mass is 10.1. The van der Waals surface area contributed by atoms with Gasteiger partial charge in [-0.2, -0.15) is 13.2 Å². The molecule has 2 aliphatic carbocycles. The summed E-state index contributed by atoms with van der Waals surface area (Å²) in [7, 11) is 1.49. The number of nitrogens with zero attached hydrogens (tertiary/aromatic N) is 3. The van der Waals surface area contributed by atoms with Crippen molar-refractivity contribution in [2.75, 3.05) is 24.8 Å². The molecule has 0 bridgehead atoms. The number of methoxy groups -OCH3 is 1. The van der Waals surface area contributed by atoms with Crippen molar-refractivity contribution < 1.29 is 27.5 Å². The number of carbonyl (C=O) groups is 2. The maximum absolute atomic E-state index is 13.2. The summed E-state index contributed by atoms with van der Waals surface area (Å²) >= 11 is 0. The number of carbonyl (C=O) groups excluding carboxylic acids is 2. The van der Waals surface area contributed by atoms with E-state index < -0.39 is 29.6 Å². The molecule has 11 heteroatoms. The van der Waals surface area contributed by atoms with Gasteiger partial charge in [-0.05, 0) is 61.3 Å². The fourth-order valence-electron chi connectivity index (χ4n) is 3.93. The molecule has 182 valence electrons. The Hall–Kier alpha value is -3.21. The number of nitrogen functional groups attached to an aromatic ring is 1. The number of halogens is 3. The molecule has 2 heterocycles. The highest BCUT2D eigenvalue weighted by Gasteiger charge is 2.40. The van der Waals surface area contributed by atoms with Crippen LogP contribution in [0, 0.1) is 5.92 Å². The fraction of sp³-hybridized carbons (Fsp3) is 0.478. The van der Waals surface area contributed by atoms with E-state index in [2.05, 4.69) is 15.3 Å². The van der Waals surface area contributed by atoms with Gasteiger partial charge in [0.2, 0.25) is 0 Å². The summed E-state index contributed by atoms with van der Waals surface area (Å²) in [5.41, 5.74) is 6.47. The summed E-state index contributed by atoms with van der Waals surface area (Å²) in [6.45, 7) is 0.0712. The van der Waals surface area contributed by atoms with Crippen molar-refractivity contribution in [1.29, 1.82) is 0 Å². The molecule has 2 amide bonds. The molecular formula is C23H26F3N5O3. The Bertz CT molecular complexity index is 1050. The smallest absolute Gasteiger partial charge is 0.383 e. The zero-order valence-corrected chi connectivity index (χ0v) is 18.6. The number of rotatable bonds is 8. The molecule has 3 N–H and O–H groups in total. The van der Waals surface area contributed by atoms with Gasteiger partial charge < -0.3 is 20.7 Å². The first-order chi connectivity index (χ1) is 16.2. The third-order valence-corrected chi connectivity index (χ3v) is 6.07. The van der Waals surface area contributed by atoms with E-state index in [0.29, 0.717) is 17.4 Å². The van der Waals surface area contributed by atoms with Crippen LogP contribution in [-0.4, -0.2) is 46.4 Å². The fourth-order valence-corrected chi connectivity index (χ4v) is 3.93. The first kappa shape index (κ1) is 23.9. The predicted molar refractivity (Wildman–Crippen MR) is 117 cm³/mol. The number of amides is 2. The van der Waals surface area contributed by atoms with Gasteiger partial charge in [-0.15, -0.1) is 0 Å². The van der Waals surface area contributed by atoms with Gasteiger partial charge in [-0.25, -0.2) is 4.98 Å². The molecule has 0 spiro atoms. The van der Waals surface area contributed by atoms with Crippen molar-refractivity contribution in [3.63, 3.8) is 0 Å². The average Bonchev–Trinajstić information content (AvgIpc) is 3.70. The van der Waals surface area contributed by atoms with Gasteiger partial charge >= 0.3 is 18.0 Å². The van der Waals surface area contributed by atoms with Gasteiger partial charge in [0.05, 0.1) is 42.3 Å². The molecule has 2 fully saturated rings. The molecule has 2 saturated carbocycles. The highest BCUT2D eigenvalue weighted by atomic mass is 19.4. The lowest BCUT2D eigenvalue weighted by Crippen LogP contribution is -2.48. The lowest BCUT2D eigenvalue weighted by molar-refractivity contribution is -0.146. The van der Waals surface area contributed by atoms with Crippen LogP contribution >= 0.6 is 0 Å². The molecule has 0 radical (unpaired) electrons. The Morgan fingerprint density at radius 3 is 2.50 bits per heavy atom. The van der Waals surface area contributed by atoms with E-state index in [9.17, 15) is 22.8 Å². The van der Waals surface area contributed by atoms with Crippen LogP contribution in [0.1, 0.15) is 48.4 Å². The largest absolute Gasteiger partial charge is 0.417 e. The highest BCUT2D eigenvalue weighted by Crippen LogP contribution is 2.43. The zero-order valence-electron chi connectivity index (χ0n) is 18.6. The minimum absolute atomic E-state index is 0.123. The number of hydrogen-bond acceptors (Lipinski definition) is 6. The summed E-state index contributed by atoms with van der Waals surface area (Å²) in [4.78, 5) is 35.4. The number of nitrogens with one attached hydrogen (secondary N) is 1. The molecular weight excluding hydrogens is 451 g/mol. The Balaban J connectivity index is 1.53. The minimum Gasteiger partial charge on any atom is -0.383 e. The van der Waals surface area contributed by atoms with Gasteiger partial charge in [0.25, 0.3) is 0 Å². The van der Waals surface area contributed by atoms with Gasteiger partial charge in [-0.3, -0.25) is 14.6 Å². The SMILES string of the molecule is COCC(C1CC1)N(Cc1ccc(C(F)(F)F)cn1)C(=O)C(=O)Nc1cnc(N)c(C2CC2)c1. The van der Waals surface area contributed by atoms with E-state index in [0.717, 1.165) is 43.5 Å². The van der Waals surface area contributed by atoms with Crippen molar-refractivity contribution >= 4 is 23.3 Å². The second-order valence-electron chi connectivity index (χ2n) is 8.76. The summed E-state index contributed by atoms with van der Waals surface area (Å²) < 4.78 is 43.9. The Labute approximate surface area is 194 Å². The van der Waals surface area contributed by atoms with Gasteiger partial charge in [0.1, 0.15) is 5.82 Å². The molecule has 2 aromatic rings. The maximum atomic E-state index is 13.2. The molecule has 0 aliphatic heterocycles. The van der Waals surface area contributed by atoms with Crippen LogP contribution in [0.3, 0.4) is 0 Å². The lowest BCUT2D eigenvalue weighted by Gasteiger charge is -2.31. The molecule has 0 aromatic carbocycles. The summed E-state index contributed by atoms with van der Waals surface area (Å²) in [6, 6.07) is 3.44. The summed E-state index contributed by atoms with van der Waals surface area (Å²) in [5, 5.41) is 2.59. The third-order valence-electron chi connectivity index (χ3n) is 6.07. The van der Waals surface area contributed by atoms with Crippen molar-refractivity contribution in [3.8, 4) is 0 Å². The maximum Gasteiger partial charge on any atom is 0.417 e. The zero-order chi connectivity index (χ0) is 24.5. The van der Waals surface area contributed by atoms with E-state index >= 15 is 0 Å². The van der Waals surface area contributed by atoms with Crippen LogP contribution in [0.2, 0.25) is 0 Å². The number of anilines is 2. The molecule has 0 saturated heterocycles. The molecule has 2 aliphatic rings. The van der Waals surface area contributed by atoms with Crippen LogP contribution in [0.15, 0.2) is 30.6 Å². The van der Waals surface area contributed by atoms with Crippen molar-refractivity contribution in [2.45, 2.75) is 50.4 Å². The number of nitrogens with two attached hydrogens (primary N) is 1. The average molecular weight is 477 g/mol. The van der Waals surface area contributed by atoms with E-state index in [1.54, 1.807) is 6.07 Å². The molecule has 2 aromatic heterocycles. The minimum atomic E-state index is -4.51. The van der Waals surface area contributed by atoms with E-state index in [1.165, 1.54) is 24.3 Å². The number of alkyl halides is 3. The van der Waals surface area contributed by atoms with Crippen LogP contribution in [-0.2, 0) is 27.0 Å². The normalized spacial score (nSPS) is 16.7. The molecule has 8 nitrogen and oxygen atoms in total. The summed E-state index contributed by atoms with van der Waals surface area (Å²) in [5.74, 6) is -0.841. The van der Waals surface area contributed by atoms with Crippen LogP contribution in [0.5, 0.6) is 0 Å². The number of ether oxygens (including phenoxy) is 1. The van der Waals surface area contributed by atoms with Crippen molar-refractivity contribution in [1.82, 2.24) is 14.9 Å². The van der Waals surface area contributed by atoms with E-state index in [4.69, 9.17) is 10.5 Å². The van der Waals surface area contributed by atoms with Crippen LogP contribution in [0.25, 0.3) is 0 Å². The monoisotopic (exact) mass is 477 g/mol.